The van der Waals surface area contributed by atoms with Gasteiger partial charge in [-0.3, -0.25) is 9.79 Å². The van der Waals surface area contributed by atoms with Gasteiger partial charge in [-0.05, 0) is 31.6 Å². The number of nitrogens with one attached hydrogen (secondary N) is 1. The van der Waals surface area contributed by atoms with E-state index in [4.69, 9.17) is 5.73 Å². The molecule has 5 heteroatoms. The van der Waals surface area contributed by atoms with E-state index in [1.54, 1.807) is 0 Å². The van der Waals surface area contributed by atoms with E-state index in [1.165, 1.54) is 32.1 Å². The number of hydrogen-bond donors (Lipinski definition) is 2. The molecular weight excluding hydrogens is 240 g/mol. The van der Waals surface area contributed by atoms with Gasteiger partial charge in [0.1, 0.15) is 0 Å². The first-order valence-electron chi connectivity index (χ1n) is 7.55. The second-order valence-corrected chi connectivity index (χ2v) is 6.25. The molecule has 1 amide bonds. The number of hydrogen-bond acceptors (Lipinski definition) is 2. The molecule has 0 radical (unpaired) electrons. The molecule has 1 aliphatic heterocycles. The molecule has 0 bridgehead atoms. The average molecular weight is 264 g/mol. The highest BCUT2D eigenvalue weighted by molar-refractivity contribution is 5.80. The summed E-state index contributed by atoms with van der Waals surface area (Å²) in [4.78, 5) is 18.2. The van der Waals surface area contributed by atoms with Crippen LogP contribution in [0.25, 0.3) is 0 Å². The van der Waals surface area contributed by atoms with Crippen LogP contribution in [0, 0.1) is 11.8 Å². The van der Waals surface area contributed by atoms with Crippen molar-refractivity contribution in [2.45, 2.75) is 44.6 Å². The van der Waals surface area contributed by atoms with Crippen molar-refractivity contribution in [1.29, 1.82) is 0 Å². The summed E-state index contributed by atoms with van der Waals surface area (Å²) in [5.74, 6) is 2.00. The van der Waals surface area contributed by atoms with Gasteiger partial charge < -0.3 is 16.0 Å². The zero-order valence-corrected chi connectivity index (χ0v) is 11.5. The second-order valence-electron chi connectivity index (χ2n) is 6.25. The molecule has 1 heterocycles. The number of likely N-dealkylation sites (tertiary alicyclic amines) is 1. The fraction of sp³-hybridized carbons (Fsp3) is 0.857. The lowest BCUT2D eigenvalue weighted by Gasteiger charge is -2.25. The Bertz CT molecular complexity index is 374. The summed E-state index contributed by atoms with van der Waals surface area (Å²) in [7, 11) is 0. The summed E-state index contributed by atoms with van der Waals surface area (Å²) < 4.78 is 0. The molecule has 0 spiro atoms. The number of carbonyl (C=O) groups is 1. The van der Waals surface area contributed by atoms with Crippen molar-refractivity contribution >= 4 is 11.9 Å². The fourth-order valence-electron chi connectivity index (χ4n) is 2.90. The predicted molar refractivity (Wildman–Crippen MR) is 74.7 cm³/mol. The minimum absolute atomic E-state index is 0.309. The minimum Gasteiger partial charge on any atom is -0.370 e. The maximum Gasteiger partial charge on any atom is 0.223 e. The standard InChI is InChI=1S/C14H24N4O/c15-14(16-7-10-2-1-3-10)17-8-11-6-13(19)18(9-11)12-4-5-12/h10-12H,1-9H2,(H3,15,16,17). The minimum atomic E-state index is 0.309. The van der Waals surface area contributed by atoms with Gasteiger partial charge in [0, 0.05) is 38.0 Å². The van der Waals surface area contributed by atoms with E-state index in [2.05, 4.69) is 10.3 Å². The lowest BCUT2D eigenvalue weighted by molar-refractivity contribution is -0.128. The van der Waals surface area contributed by atoms with Crippen LogP contribution in [0.4, 0.5) is 0 Å². The van der Waals surface area contributed by atoms with Gasteiger partial charge in [-0.15, -0.1) is 0 Å². The SMILES string of the molecule is NC(=NCC1CC(=O)N(C2CC2)C1)NCC1CCC1. The molecule has 2 aliphatic carbocycles. The Morgan fingerprint density at radius 2 is 2.11 bits per heavy atom. The Morgan fingerprint density at radius 3 is 2.74 bits per heavy atom. The van der Waals surface area contributed by atoms with Crippen LogP contribution in [0.15, 0.2) is 4.99 Å². The highest BCUT2D eigenvalue weighted by atomic mass is 16.2. The number of nitrogens with zero attached hydrogens (tertiary/aromatic N) is 2. The van der Waals surface area contributed by atoms with Gasteiger partial charge in [-0.1, -0.05) is 6.42 Å². The highest BCUT2D eigenvalue weighted by Gasteiger charge is 2.39. The van der Waals surface area contributed by atoms with Gasteiger partial charge >= 0.3 is 0 Å². The quantitative estimate of drug-likeness (QED) is 0.567. The molecule has 106 valence electrons. The van der Waals surface area contributed by atoms with Gasteiger partial charge in [-0.25, -0.2) is 0 Å². The maximum absolute atomic E-state index is 11.8. The fourth-order valence-corrected chi connectivity index (χ4v) is 2.90. The summed E-state index contributed by atoms with van der Waals surface area (Å²) in [5.41, 5.74) is 5.86. The molecule has 1 saturated heterocycles. The zero-order valence-electron chi connectivity index (χ0n) is 11.5. The third-order valence-electron chi connectivity index (χ3n) is 4.54. The topological polar surface area (TPSA) is 70.7 Å². The van der Waals surface area contributed by atoms with E-state index < -0.39 is 0 Å². The normalized spacial score (nSPS) is 28.6. The van der Waals surface area contributed by atoms with Crippen LogP contribution in [0.3, 0.4) is 0 Å². The first kappa shape index (κ1) is 12.8. The van der Waals surface area contributed by atoms with Crippen LogP contribution in [0.2, 0.25) is 0 Å². The molecule has 3 N–H and O–H groups in total. The van der Waals surface area contributed by atoms with Crippen LogP contribution in [0.1, 0.15) is 38.5 Å². The van der Waals surface area contributed by atoms with Crippen molar-refractivity contribution < 1.29 is 4.79 Å². The summed E-state index contributed by atoms with van der Waals surface area (Å²) in [6.45, 7) is 2.51. The van der Waals surface area contributed by atoms with Gasteiger partial charge in [0.05, 0.1) is 0 Å². The summed E-state index contributed by atoms with van der Waals surface area (Å²) in [6, 6.07) is 0.538. The van der Waals surface area contributed by atoms with Crippen LogP contribution in [-0.2, 0) is 4.79 Å². The smallest absolute Gasteiger partial charge is 0.223 e. The van der Waals surface area contributed by atoms with Gasteiger partial charge in [0.15, 0.2) is 5.96 Å². The van der Waals surface area contributed by atoms with E-state index in [0.717, 1.165) is 19.0 Å². The molecule has 0 aromatic heterocycles. The van der Waals surface area contributed by atoms with Crippen molar-refractivity contribution in [3.8, 4) is 0 Å². The van der Waals surface area contributed by atoms with Crippen LogP contribution >= 0.6 is 0 Å². The van der Waals surface area contributed by atoms with E-state index in [1.807, 2.05) is 4.90 Å². The van der Waals surface area contributed by atoms with E-state index in [0.29, 0.717) is 36.8 Å². The number of aliphatic imine (C=N–C) groups is 1. The average Bonchev–Trinajstić information content (AvgIpc) is 3.09. The van der Waals surface area contributed by atoms with Gasteiger partial charge in [0.25, 0.3) is 0 Å². The largest absolute Gasteiger partial charge is 0.370 e. The lowest BCUT2D eigenvalue weighted by Crippen LogP contribution is -2.37. The number of carbonyl (C=O) groups excluding carboxylic acids is 1. The molecule has 19 heavy (non-hydrogen) atoms. The Morgan fingerprint density at radius 1 is 1.32 bits per heavy atom. The van der Waals surface area contributed by atoms with Crippen molar-refractivity contribution in [3.05, 3.63) is 0 Å². The molecule has 3 rings (SSSR count). The molecule has 3 aliphatic rings. The lowest BCUT2D eigenvalue weighted by atomic mass is 9.85. The summed E-state index contributed by atoms with van der Waals surface area (Å²) in [6.07, 6.45) is 7.00. The maximum atomic E-state index is 11.8. The monoisotopic (exact) mass is 264 g/mol. The van der Waals surface area contributed by atoms with Crippen molar-refractivity contribution in [2.75, 3.05) is 19.6 Å². The molecule has 2 saturated carbocycles. The molecule has 5 nitrogen and oxygen atoms in total. The first-order chi connectivity index (χ1) is 9.22. The van der Waals surface area contributed by atoms with E-state index in [9.17, 15) is 4.79 Å². The van der Waals surface area contributed by atoms with E-state index in [-0.39, 0.29) is 0 Å². The van der Waals surface area contributed by atoms with Gasteiger partial charge in [-0.2, -0.15) is 0 Å². The van der Waals surface area contributed by atoms with E-state index >= 15 is 0 Å². The van der Waals surface area contributed by atoms with Crippen molar-refractivity contribution in [1.82, 2.24) is 10.2 Å². The third kappa shape index (κ3) is 3.19. The van der Waals surface area contributed by atoms with Crippen LogP contribution in [-0.4, -0.2) is 42.4 Å². The van der Waals surface area contributed by atoms with Crippen molar-refractivity contribution in [2.24, 2.45) is 22.6 Å². The molecule has 0 aromatic carbocycles. The number of nitrogens with two attached hydrogens (primary N) is 1. The van der Waals surface area contributed by atoms with Crippen molar-refractivity contribution in [3.63, 3.8) is 0 Å². The highest BCUT2D eigenvalue weighted by Crippen LogP contribution is 2.32. The Labute approximate surface area is 114 Å². The number of rotatable bonds is 5. The molecule has 1 unspecified atom stereocenters. The molecular formula is C14H24N4O. The molecule has 0 aromatic rings. The number of amides is 1. The predicted octanol–water partition coefficient (Wildman–Crippen LogP) is 0.702. The Kier molecular flexibility index (Phi) is 3.62. The Balaban J connectivity index is 1.39. The van der Waals surface area contributed by atoms with Crippen LogP contribution < -0.4 is 11.1 Å². The second kappa shape index (κ2) is 5.39. The Hall–Kier alpha value is -1.26. The number of guanidine groups is 1. The summed E-state index contributed by atoms with van der Waals surface area (Å²) >= 11 is 0. The zero-order chi connectivity index (χ0) is 13.2. The summed E-state index contributed by atoms with van der Waals surface area (Å²) in [5, 5.41) is 3.20. The van der Waals surface area contributed by atoms with Gasteiger partial charge in [0.2, 0.25) is 5.91 Å². The van der Waals surface area contributed by atoms with Crippen LogP contribution in [0.5, 0.6) is 0 Å². The molecule has 3 fully saturated rings. The third-order valence-corrected chi connectivity index (χ3v) is 4.54. The molecule has 1 atom stereocenters. The first-order valence-corrected chi connectivity index (χ1v) is 7.55.